The Morgan fingerprint density at radius 1 is 0.850 bits per heavy atom. The van der Waals surface area contributed by atoms with Gasteiger partial charge in [0.1, 0.15) is 11.2 Å². The summed E-state index contributed by atoms with van der Waals surface area (Å²) in [5.74, 6) is 0.547. The molecule has 1 aliphatic carbocycles. The monoisotopic (exact) mass is 712 g/mol. The van der Waals surface area contributed by atoms with Crippen molar-refractivity contribution in [3.8, 4) is 11.3 Å². The Hall–Kier alpha value is -3.54. The maximum Gasteiger partial charge on any atom is 0.227 e. The minimum atomic E-state index is 0. The number of allylic oxidation sites excluding steroid dienone is 2. The van der Waals surface area contributed by atoms with Gasteiger partial charge in [0.05, 0.1) is 17.3 Å². The minimum absolute atomic E-state index is 0. The number of aliphatic hydroxyl groups is 1. The van der Waals surface area contributed by atoms with E-state index in [-0.39, 0.29) is 43.5 Å². The van der Waals surface area contributed by atoms with Crippen LogP contribution in [0.15, 0.2) is 63.4 Å². The van der Waals surface area contributed by atoms with Gasteiger partial charge in [-0.05, 0) is 43.2 Å². The van der Waals surface area contributed by atoms with Crippen LogP contribution in [0, 0.1) is 17.9 Å². The molecule has 6 nitrogen and oxygen atoms in total. The van der Waals surface area contributed by atoms with Crippen LogP contribution in [-0.2, 0) is 24.9 Å². The summed E-state index contributed by atoms with van der Waals surface area (Å²) in [7, 11) is 0. The molecule has 40 heavy (non-hydrogen) atoms. The summed E-state index contributed by atoms with van der Waals surface area (Å²) in [4.78, 5) is 20.8. The van der Waals surface area contributed by atoms with Gasteiger partial charge in [0.15, 0.2) is 11.4 Å². The summed E-state index contributed by atoms with van der Waals surface area (Å²) in [6.45, 7) is 8.07. The van der Waals surface area contributed by atoms with Crippen LogP contribution in [0.25, 0.3) is 66.0 Å². The molecule has 1 N–H and O–H groups in total. The summed E-state index contributed by atoms with van der Waals surface area (Å²) in [6.07, 6.45) is 8.44. The first-order chi connectivity index (χ1) is 19.0. The second-order valence-electron chi connectivity index (χ2n) is 10.2. The van der Waals surface area contributed by atoms with Crippen LogP contribution in [0.1, 0.15) is 53.4 Å². The Morgan fingerprint density at radius 3 is 2.27 bits per heavy atom. The van der Waals surface area contributed by atoms with Crippen molar-refractivity contribution in [3.05, 3.63) is 60.6 Å². The number of pyridine rings is 2. The summed E-state index contributed by atoms with van der Waals surface area (Å²) < 4.78 is 12.0. The van der Waals surface area contributed by atoms with Crippen molar-refractivity contribution in [1.29, 1.82) is 0 Å². The predicted octanol–water partition coefficient (Wildman–Crippen LogP) is 9.08. The minimum Gasteiger partial charge on any atom is -0.512 e. The molecule has 207 valence electrons. The zero-order valence-electron chi connectivity index (χ0n) is 23.0. The third-order valence-corrected chi connectivity index (χ3v) is 8.11. The van der Waals surface area contributed by atoms with Crippen molar-refractivity contribution in [1.82, 2.24) is 9.97 Å². The van der Waals surface area contributed by atoms with Crippen LogP contribution in [0.5, 0.6) is 0 Å². The molecule has 2 aromatic carbocycles. The third kappa shape index (κ3) is 4.32. The molecule has 0 fully saturated rings. The second-order valence-corrected chi connectivity index (χ2v) is 10.2. The number of carbonyl (C=O) groups is 1. The van der Waals surface area contributed by atoms with Gasteiger partial charge in [-0.2, -0.15) is 0 Å². The molecule has 0 amide bonds. The fraction of sp³-hybridized carbons (Fsp3) is 0.303. The fourth-order valence-electron chi connectivity index (χ4n) is 5.89. The molecule has 0 saturated carbocycles. The smallest absolute Gasteiger partial charge is 0.227 e. The van der Waals surface area contributed by atoms with Crippen LogP contribution in [0.3, 0.4) is 0 Å². The number of aliphatic hydroxyl groups excluding tert-OH is 1. The first kappa shape index (κ1) is 28.0. The number of benzene rings is 2. The first-order valence-corrected chi connectivity index (χ1v) is 13.8. The van der Waals surface area contributed by atoms with Crippen molar-refractivity contribution < 1.29 is 38.8 Å². The van der Waals surface area contributed by atoms with Crippen molar-refractivity contribution in [2.24, 2.45) is 11.8 Å². The molecule has 0 bridgehead atoms. The fourth-order valence-corrected chi connectivity index (χ4v) is 5.89. The van der Waals surface area contributed by atoms with Crippen LogP contribution < -0.4 is 0 Å². The Morgan fingerprint density at radius 2 is 1.55 bits per heavy atom. The number of carbonyl (C=O) groups excluding carboxylic acids is 1. The van der Waals surface area contributed by atoms with Crippen LogP contribution >= 0.6 is 0 Å². The summed E-state index contributed by atoms with van der Waals surface area (Å²) in [5.41, 5.74) is 4.94. The second kappa shape index (κ2) is 11.1. The number of hydrogen-bond donors (Lipinski definition) is 1. The van der Waals surface area contributed by atoms with E-state index < -0.39 is 0 Å². The quantitative estimate of drug-likeness (QED) is 0.101. The van der Waals surface area contributed by atoms with E-state index in [0.717, 1.165) is 86.0 Å². The number of ketones is 1. The number of furan rings is 2. The Balaban J connectivity index is 0.000000179. The molecule has 0 spiro atoms. The molecular formula is C33H31IrN2O4-. The molecule has 7 heteroatoms. The molecule has 4 heterocycles. The molecule has 0 unspecified atom stereocenters. The van der Waals surface area contributed by atoms with Gasteiger partial charge >= 0.3 is 0 Å². The summed E-state index contributed by atoms with van der Waals surface area (Å²) in [5, 5.41) is 16.2. The van der Waals surface area contributed by atoms with E-state index in [1.54, 1.807) is 12.4 Å². The average Bonchev–Trinajstić information content (AvgIpc) is 3.48. The van der Waals surface area contributed by atoms with Crippen molar-refractivity contribution in [2.45, 2.75) is 53.4 Å². The van der Waals surface area contributed by atoms with Gasteiger partial charge in [-0.25, -0.2) is 4.98 Å². The van der Waals surface area contributed by atoms with Crippen molar-refractivity contribution in [2.75, 3.05) is 0 Å². The van der Waals surface area contributed by atoms with Gasteiger partial charge in [-0.3, -0.25) is 4.79 Å². The molecule has 0 atom stereocenters. The SMILES string of the molecule is CCC(CC)C(=O)/C=C(\O)C(CC)CC.[Ir].[c-]1ccc2ccc3oc4cnc5oc6ccnc7c6c5c4c3c2c1-7. The van der Waals surface area contributed by atoms with Gasteiger partial charge in [-0.15, -0.1) is 29.1 Å². The Bertz CT molecular complexity index is 1910. The van der Waals surface area contributed by atoms with E-state index in [1.807, 2.05) is 45.9 Å². The predicted molar refractivity (Wildman–Crippen MR) is 156 cm³/mol. The van der Waals surface area contributed by atoms with Crippen LogP contribution in [0.2, 0.25) is 0 Å². The number of aromatic nitrogens is 2. The zero-order valence-corrected chi connectivity index (χ0v) is 25.4. The average molecular weight is 712 g/mol. The van der Waals surface area contributed by atoms with E-state index in [2.05, 4.69) is 28.2 Å². The van der Waals surface area contributed by atoms with E-state index >= 15 is 0 Å². The summed E-state index contributed by atoms with van der Waals surface area (Å²) in [6, 6.07) is 13.4. The van der Waals surface area contributed by atoms with E-state index in [4.69, 9.17) is 8.83 Å². The molecule has 0 saturated heterocycles. The largest absolute Gasteiger partial charge is 0.512 e. The standard InChI is InChI=1S/C20H7N2O2.C13H24O2.Ir/c1-2-9-4-5-11-15-14(9)10(3-1)19-17-12(6-7-21-19)24-20-18(17)16(15)13(23-11)8-22-20;1-5-10(6-2)12(14)9-13(15)11(7-3)8-4;/h1-2,4-8H;9-11,14H,5-8H2,1-4H3;/q-1;;/b;12-9-;. The molecule has 1 aliphatic rings. The summed E-state index contributed by atoms with van der Waals surface area (Å²) >= 11 is 0. The normalized spacial score (nSPS) is 12.5. The van der Waals surface area contributed by atoms with E-state index in [1.165, 1.54) is 6.08 Å². The zero-order chi connectivity index (χ0) is 27.3. The number of rotatable bonds is 7. The van der Waals surface area contributed by atoms with Crippen molar-refractivity contribution >= 4 is 60.6 Å². The van der Waals surface area contributed by atoms with Gasteiger partial charge in [-0.1, -0.05) is 39.1 Å². The third-order valence-electron chi connectivity index (χ3n) is 8.11. The van der Waals surface area contributed by atoms with Gasteiger partial charge < -0.3 is 18.9 Å². The molecule has 0 aliphatic heterocycles. The number of hydrogen-bond acceptors (Lipinski definition) is 6. The Labute approximate surface area is 245 Å². The topological polar surface area (TPSA) is 89.4 Å². The van der Waals surface area contributed by atoms with Gasteiger partial charge in [0.25, 0.3) is 0 Å². The van der Waals surface area contributed by atoms with Crippen LogP contribution in [0.4, 0.5) is 0 Å². The molecule has 7 rings (SSSR count). The molecule has 4 aromatic heterocycles. The number of nitrogens with zero attached hydrogens (tertiary/aromatic N) is 2. The molecule has 1 radical (unpaired) electrons. The van der Waals surface area contributed by atoms with E-state index in [0.29, 0.717) is 5.71 Å². The Kier molecular flexibility index (Phi) is 7.80. The van der Waals surface area contributed by atoms with Crippen LogP contribution in [-0.4, -0.2) is 20.9 Å². The van der Waals surface area contributed by atoms with Gasteiger partial charge in [0.2, 0.25) is 5.71 Å². The maximum atomic E-state index is 11.7. The van der Waals surface area contributed by atoms with Gasteiger partial charge in [0, 0.05) is 60.7 Å². The number of fused-ring (bicyclic) bond motifs is 1. The molecular weight excluding hydrogens is 681 g/mol. The van der Waals surface area contributed by atoms with Crippen molar-refractivity contribution in [3.63, 3.8) is 0 Å². The van der Waals surface area contributed by atoms with E-state index in [9.17, 15) is 9.90 Å². The first-order valence-electron chi connectivity index (χ1n) is 13.8. The molecule has 6 aromatic rings. The maximum absolute atomic E-state index is 11.7.